The molecule has 1 unspecified atom stereocenters. The molecular formula is C15H25N3O. The van der Waals surface area contributed by atoms with Crippen LogP contribution >= 0.6 is 0 Å². The van der Waals surface area contributed by atoms with Crippen LogP contribution in [-0.2, 0) is 11.3 Å². The highest BCUT2D eigenvalue weighted by Gasteiger charge is 2.31. The molecule has 2 N–H and O–H groups in total. The van der Waals surface area contributed by atoms with Crippen LogP contribution in [0.3, 0.4) is 0 Å². The molecule has 1 aliphatic rings. The molecule has 4 nitrogen and oxygen atoms in total. The van der Waals surface area contributed by atoms with Gasteiger partial charge >= 0.3 is 0 Å². The number of methoxy groups -OCH3 is 1. The summed E-state index contributed by atoms with van der Waals surface area (Å²) in [5.41, 5.74) is 10.3. The van der Waals surface area contributed by atoms with Crippen LogP contribution in [0.4, 0.5) is 5.69 Å². The highest BCUT2D eigenvalue weighted by atomic mass is 16.5. The Bertz CT molecular complexity index is 461. The van der Waals surface area contributed by atoms with Crippen molar-refractivity contribution in [2.75, 3.05) is 25.1 Å². The third-order valence-corrected chi connectivity index (χ3v) is 4.13. The summed E-state index contributed by atoms with van der Waals surface area (Å²) in [4.78, 5) is 6.92. The Hall–Kier alpha value is -1.13. The van der Waals surface area contributed by atoms with Crippen molar-refractivity contribution in [3.63, 3.8) is 0 Å². The molecule has 1 fully saturated rings. The first-order valence-corrected chi connectivity index (χ1v) is 6.96. The average molecular weight is 263 g/mol. The topological polar surface area (TPSA) is 51.4 Å². The number of hydrogen-bond acceptors (Lipinski definition) is 4. The molecule has 0 spiro atoms. The van der Waals surface area contributed by atoms with Crippen LogP contribution in [0, 0.1) is 13.8 Å². The van der Waals surface area contributed by atoms with Gasteiger partial charge in [0, 0.05) is 49.4 Å². The molecule has 106 valence electrons. The summed E-state index contributed by atoms with van der Waals surface area (Å²) in [5, 5.41) is 0. The molecule has 2 heterocycles. The van der Waals surface area contributed by atoms with Gasteiger partial charge in [-0.2, -0.15) is 0 Å². The van der Waals surface area contributed by atoms with Crippen LogP contribution in [0.1, 0.15) is 36.7 Å². The number of piperidine rings is 1. The maximum atomic E-state index is 5.91. The third-order valence-electron chi connectivity index (χ3n) is 4.13. The lowest BCUT2D eigenvalue weighted by molar-refractivity contribution is -0.00469. The number of rotatable bonds is 3. The van der Waals surface area contributed by atoms with Gasteiger partial charge in [-0.3, -0.25) is 4.98 Å². The Morgan fingerprint density at radius 1 is 1.47 bits per heavy atom. The van der Waals surface area contributed by atoms with E-state index >= 15 is 0 Å². The van der Waals surface area contributed by atoms with E-state index in [2.05, 4.69) is 22.9 Å². The molecule has 19 heavy (non-hydrogen) atoms. The van der Waals surface area contributed by atoms with Crippen molar-refractivity contribution >= 4 is 5.69 Å². The van der Waals surface area contributed by atoms with Gasteiger partial charge in [0.05, 0.1) is 5.60 Å². The number of hydrogen-bond donors (Lipinski definition) is 1. The number of nitrogens with two attached hydrogens (primary N) is 1. The fourth-order valence-corrected chi connectivity index (χ4v) is 2.95. The fourth-order valence-electron chi connectivity index (χ4n) is 2.95. The summed E-state index contributed by atoms with van der Waals surface area (Å²) in [5.74, 6) is 0. The van der Waals surface area contributed by atoms with E-state index in [9.17, 15) is 0 Å². The van der Waals surface area contributed by atoms with Gasteiger partial charge in [-0.05, 0) is 39.7 Å². The monoisotopic (exact) mass is 263 g/mol. The minimum atomic E-state index is -0.0603. The number of pyridine rings is 1. The van der Waals surface area contributed by atoms with E-state index in [0.717, 1.165) is 42.9 Å². The third kappa shape index (κ3) is 2.90. The summed E-state index contributed by atoms with van der Waals surface area (Å²) >= 11 is 0. The number of aryl methyl sites for hydroxylation is 2. The second kappa shape index (κ2) is 5.47. The van der Waals surface area contributed by atoms with Crippen LogP contribution in [0.5, 0.6) is 0 Å². The van der Waals surface area contributed by atoms with Crippen molar-refractivity contribution in [2.45, 2.75) is 45.8 Å². The van der Waals surface area contributed by atoms with Crippen molar-refractivity contribution in [2.24, 2.45) is 5.73 Å². The summed E-state index contributed by atoms with van der Waals surface area (Å²) in [7, 11) is 1.80. The lowest BCUT2D eigenvalue weighted by Crippen LogP contribution is -2.47. The van der Waals surface area contributed by atoms with Gasteiger partial charge in [-0.15, -0.1) is 0 Å². The highest BCUT2D eigenvalue weighted by Crippen LogP contribution is 2.31. The fraction of sp³-hybridized carbons (Fsp3) is 0.667. The standard InChI is InChI=1S/C15H25N3O/c1-11-8-14(13(9-16)12(2)17-11)18-7-5-6-15(3,10-18)19-4/h8H,5-7,9-10,16H2,1-4H3. The first-order chi connectivity index (χ1) is 8.99. The smallest absolute Gasteiger partial charge is 0.0825 e. The molecule has 0 amide bonds. The maximum absolute atomic E-state index is 5.91. The molecule has 1 aromatic heterocycles. The largest absolute Gasteiger partial charge is 0.377 e. The molecule has 1 aliphatic heterocycles. The van der Waals surface area contributed by atoms with E-state index in [0.29, 0.717) is 6.54 Å². The minimum Gasteiger partial charge on any atom is -0.377 e. The van der Waals surface area contributed by atoms with Gasteiger partial charge in [-0.1, -0.05) is 0 Å². The van der Waals surface area contributed by atoms with Crippen LogP contribution < -0.4 is 10.6 Å². The molecule has 4 heteroatoms. The molecule has 1 saturated heterocycles. The molecular weight excluding hydrogens is 238 g/mol. The molecule has 2 rings (SSSR count). The predicted octanol–water partition coefficient (Wildman–Crippen LogP) is 2.16. The quantitative estimate of drug-likeness (QED) is 0.908. The number of nitrogens with zero attached hydrogens (tertiary/aromatic N) is 2. The Labute approximate surface area is 116 Å². The zero-order valence-corrected chi connectivity index (χ0v) is 12.5. The van der Waals surface area contributed by atoms with Gasteiger partial charge < -0.3 is 15.4 Å². The zero-order valence-electron chi connectivity index (χ0n) is 12.5. The Kier molecular flexibility index (Phi) is 4.11. The average Bonchev–Trinajstić information content (AvgIpc) is 2.38. The number of anilines is 1. The zero-order chi connectivity index (χ0) is 14.0. The van der Waals surface area contributed by atoms with Crippen LogP contribution in [0.2, 0.25) is 0 Å². The SMILES string of the molecule is COC1(C)CCCN(c2cc(C)nc(C)c2CN)C1. The Morgan fingerprint density at radius 3 is 2.84 bits per heavy atom. The molecule has 0 aliphatic carbocycles. The first-order valence-electron chi connectivity index (χ1n) is 6.96. The van der Waals surface area contributed by atoms with Crippen molar-refractivity contribution in [3.8, 4) is 0 Å². The van der Waals surface area contributed by atoms with Gasteiger partial charge in [0.15, 0.2) is 0 Å². The van der Waals surface area contributed by atoms with Crippen LogP contribution in [0.25, 0.3) is 0 Å². The van der Waals surface area contributed by atoms with Crippen LogP contribution in [0.15, 0.2) is 6.07 Å². The molecule has 0 aromatic carbocycles. The Balaban J connectivity index is 2.35. The molecule has 0 bridgehead atoms. The summed E-state index contributed by atoms with van der Waals surface area (Å²) in [6, 6.07) is 2.15. The van der Waals surface area contributed by atoms with Gasteiger partial charge in [0.25, 0.3) is 0 Å². The van der Waals surface area contributed by atoms with Crippen molar-refractivity contribution in [3.05, 3.63) is 23.0 Å². The van der Waals surface area contributed by atoms with Gasteiger partial charge in [0.2, 0.25) is 0 Å². The summed E-state index contributed by atoms with van der Waals surface area (Å²) in [6.07, 6.45) is 2.26. The van der Waals surface area contributed by atoms with E-state index in [1.165, 1.54) is 5.69 Å². The van der Waals surface area contributed by atoms with Crippen molar-refractivity contribution < 1.29 is 4.74 Å². The minimum absolute atomic E-state index is 0.0603. The molecule has 0 saturated carbocycles. The second-order valence-corrected chi connectivity index (χ2v) is 5.73. The first kappa shape index (κ1) is 14.3. The second-order valence-electron chi connectivity index (χ2n) is 5.73. The molecule has 0 radical (unpaired) electrons. The van der Waals surface area contributed by atoms with E-state index < -0.39 is 0 Å². The van der Waals surface area contributed by atoms with Crippen molar-refractivity contribution in [1.82, 2.24) is 4.98 Å². The lowest BCUT2D eigenvalue weighted by atomic mass is 9.93. The van der Waals surface area contributed by atoms with E-state index in [1.807, 2.05) is 13.8 Å². The van der Waals surface area contributed by atoms with E-state index in [1.54, 1.807) is 7.11 Å². The van der Waals surface area contributed by atoms with Gasteiger partial charge in [0.1, 0.15) is 0 Å². The maximum Gasteiger partial charge on any atom is 0.0825 e. The highest BCUT2D eigenvalue weighted by molar-refractivity contribution is 5.56. The van der Waals surface area contributed by atoms with Crippen molar-refractivity contribution in [1.29, 1.82) is 0 Å². The number of aromatic nitrogens is 1. The lowest BCUT2D eigenvalue weighted by Gasteiger charge is -2.41. The normalized spacial score (nSPS) is 23.7. The van der Waals surface area contributed by atoms with E-state index in [-0.39, 0.29) is 5.60 Å². The van der Waals surface area contributed by atoms with E-state index in [4.69, 9.17) is 10.5 Å². The predicted molar refractivity (Wildman–Crippen MR) is 78.5 cm³/mol. The van der Waals surface area contributed by atoms with Crippen LogP contribution in [-0.4, -0.2) is 30.8 Å². The summed E-state index contributed by atoms with van der Waals surface area (Å²) < 4.78 is 5.68. The number of ether oxygens (including phenoxy) is 1. The Morgan fingerprint density at radius 2 is 2.21 bits per heavy atom. The molecule has 1 atom stereocenters. The molecule has 1 aromatic rings. The summed E-state index contributed by atoms with van der Waals surface area (Å²) in [6.45, 7) is 8.78. The van der Waals surface area contributed by atoms with Gasteiger partial charge in [-0.25, -0.2) is 0 Å².